The Morgan fingerprint density at radius 3 is 2.75 bits per heavy atom. The first-order chi connectivity index (χ1) is 15.5. The molecule has 0 fully saturated rings. The first-order valence-electron chi connectivity index (χ1n) is 9.51. The van der Waals surface area contributed by atoms with Crippen molar-refractivity contribution < 1.29 is 4.74 Å². The Balaban J connectivity index is 1.73. The maximum absolute atomic E-state index is 13.5. The number of rotatable bonds is 4. The zero-order valence-electron chi connectivity index (χ0n) is 16.7. The monoisotopic (exact) mass is 466 g/mol. The summed E-state index contributed by atoms with van der Waals surface area (Å²) in [7, 11) is 1.51. The highest BCUT2D eigenvalue weighted by Crippen LogP contribution is 2.19. The highest BCUT2D eigenvalue weighted by Gasteiger charge is 2.17. The summed E-state index contributed by atoms with van der Waals surface area (Å²) in [6, 6.07) is 13.1. The SMILES string of the molecule is COc1cccc(-n2c(=O)c3sccc3n(Cc3cc(=O)n4cc(Cl)ccc4n3)c2=O)c1. The zero-order valence-corrected chi connectivity index (χ0v) is 18.3. The van der Waals surface area contributed by atoms with Crippen LogP contribution in [0, 0.1) is 0 Å². The molecule has 10 heteroatoms. The van der Waals surface area contributed by atoms with Crippen molar-refractivity contribution in [1.82, 2.24) is 18.5 Å². The Bertz CT molecular complexity index is 1680. The lowest BCUT2D eigenvalue weighted by molar-refractivity contribution is 0.414. The summed E-state index contributed by atoms with van der Waals surface area (Å²) in [6.07, 6.45) is 1.49. The van der Waals surface area contributed by atoms with Crippen LogP contribution in [0.5, 0.6) is 5.75 Å². The lowest BCUT2D eigenvalue weighted by Crippen LogP contribution is -2.39. The number of halogens is 1. The van der Waals surface area contributed by atoms with Crippen LogP contribution in [0.3, 0.4) is 0 Å². The van der Waals surface area contributed by atoms with Crippen molar-refractivity contribution in [2.24, 2.45) is 0 Å². The van der Waals surface area contributed by atoms with Gasteiger partial charge in [0.1, 0.15) is 16.1 Å². The van der Waals surface area contributed by atoms with Crippen molar-refractivity contribution in [3.63, 3.8) is 0 Å². The Kier molecular flexibility index (Phi) is 4.91. The van der Waals surface area contributed by atoms with E-state index in [4.69, 9.17) is 16.3 Å². The molecule has 0 aliphatic carbocycles. The van der Waals surface area contributed by atoms with E-state index in [-0.39, 0.29) is 12.1 Å². The zero-order chi connectivity index (χ0) is 22.4. The van der Waals surface area contributed by atoms with E-state index in [0.717, 1.165) is 4.57 Å². The van der Waals surface area contributed by atoms with Crippen LogP contribution in [0.25, 0.3) is 21.6 Å². The molecular weight excluding hydrogens is 452 g/mol. The normalized spacial score (nSPS) is 11.3. The van der Waals surface area contributed by atoms with Crippen LogP contribution in [0.1, 0.15) is 5.69 Å². The molecule has 5 aromatic rings. The van der Waals surface area contributed by atoms with Gasteiger partial charge in [0.2, 0.25) is 0 Å². The minimum Gasteiger partial charge on any atom is -0.497 e. The van der Waals surface area contributed by atoms with Crippen molar-refractivity contribution in [1.29, 1.82) is 0 Å². The highest BCUT2D eigenvalue weighted by atomic mass is 35.5. The predicted molar refractivity (Wildman–Crippen MR) is 124 cm³/mol. The lowest BCUT2D eigenvalue weighted by atomic mass is 10.3. The minimum absolute atomic E-state index is 0.0185. The summed E-state index contributed by atoms with van der Waals surface area (Å²) >= 11 is 7.22. The molecule has 0 saturated carbocycles. The third-order valence-electron chi connectivity index (χ3n) is 5.06. The summed E-state index contributed by atoms with van der Waals surface area (Å²) in [5, 5.41) is 2.17. The highest BCUT2D eigenvalue weighted by molar-refractivity contribution is 7.17. The Morgan fingerprint density at radius 2 is 1.94 bits per heavy atom. The number of hydrogen-bond donors (Lipinski definition) is 0. The number of fused-ring (bicyclic) bond motifs is 2. The van der Waals surface area contributed by atoms with Crippen molar-refractivity contribution in [3.05, 3.63) is 102 Å². The van der Waals surface area contributed by atoms with E-state index in [2.05, 4.69) is 4.98 Å². The lowest BCUT2D eigenvalue weighted by Gasteiger charge is -2.13. The fourth-order valence-electron chi connectivity index (χ4n) is 3.59. The number of aromatic nitrogens is 4. The standard InChI is InChI=1S/C22H15ClN4O4S/c1-31-16-4-2-3-15(10-16)27-21(29)20-17(7-8-32-20)25(22(27)30)12-14-9-19(28)26-11-13(23)5-6-18(26)24-14/h2-11H,12H2,1H3. The van der Waals surface area contributed by atoms with E-state index < -0.39 is 11.2 Å². The van der Waals surface area contributed by atoms with Crippen molar-refractivity contribution in [2.45, 2.75) is 6.54 Å². The first kappa shape index (κ1) is 20.2. The van der Waals surface area contributed by atoms with Crippen molar-refractivity contribution in [2.75, 3.05) is 7.11 Å². The topological polar surface area (TPSA) is 87.6 Å². The second-order valence-electron chi connectivity index (χ2n) is 7.01. The number of hydrogen-bond acceptors (Lipinski definition) is 6. The van der Waals surface area contributed by atoms with Crippen LogP contribution < -0.4 is 21.5 Å². The van der Waals surface area contributed by atoms with E-state index in [1.165, 1.54) is 39.7 Å². The van der Waals surface area contributed by atoms with Gasteiger partial charge < -0.3 is 4.74 Å². The molecule has 8 nitrogen and oxygen atoms in total. The maximum atomic E-state index is 13.5. The minimum atomic E-state index is -0.535. The van der Waals surface area contributed by atoms with Gasteiger partial charge in [-0.05, 0) is 35.7 Å². The van der Waals surface area contributed by atoms with Gasteiger partial charge in [-0.2, -0.15) is 0 Å². The summed E-state index contributed by atoms with van der Waals surface area (Å²) < 4.78 is 9.56. The molecule has 4 aromatic heterocycles. The first-order valence-corrected chi connectivity index (χ1v) is 10.8. The average Bonchev–Trinajstić information content (AvgIpc) is 3.28. The Hall–Kier alpha value is -3.69. The molecule has 5 rings (SSSR count). The number of ether oxygens (including phenoxy) is 1. The van der Waals surface area contributed by atoms with Crippen LogP contribution in [0.4, 0.5) is 0 Å². The quantitative estimate of drug-likeness (QED) is 0.406. The van der Waals surface area contributed by atoms with Gasteiger partial charge in [0.05, 0.1) is 35.6 Å². The second-order valence-corrected chi connectivity index (χ2v) is 8.36. The van der Waals surface area contributed by atoms with Gasteiger partial charge in [0.25, 0.3) is 11.1 Å². The van der Waals surface area contributed by atoms with Gasteiger partial charge in [-0.1, -0.05) is 17.7 Å². The van der Waals surface area contributed by atoms with E-state index in [0.29, 0.717) is 38.0 Å². The molecule has 0 aliphatic rings. The van der Waals surface area contributed by atoms with Crippen LogP contribution >= 0.6 is 22.9 Å². The number of pyridine rings is 1. The predicted octanol–water partition coefficient (Wildman–Crippen LogP) is 2.93. The van der Waals surface area contributed by atoms with Gasteiger partial charge in [0, 0.05) is 18.3 Å². The maximum Gasteiger partial charge on any atom is 0.336 e. The average molecular weight is 467 g/mol. The molecule has 0 spiro atoms. The Labute approximate surface area is 189 Å². The van der Waals surface area contributed by atoms with Gasteiger partial charge in [0.15, 0.2) is 0 Å². The molecular formula is C22H15ClN4O4S. The Morgan fingerprint density at radius 1 is 1.09 bits per heavy atom. The number of thiophene rings is 1. The molecule has 32 heavy (non-hydrogen) atoms. The number of nitrogens with zero attached hydrogens (tertiary/aromatic N) is 4. The molecule has 0 saturated heterocycles. The fraction of sp³-hybridized carbons (Fsp3) is 0.0909. The largest absolute Gasteiger partial charge is 0.497 e. The molecule has 0 bridgehead atoms. The number of benzene rings is 1. The van der Waals surface area contributed by atoms with Gasteiger partial charge in [-0.25, -0.2) is 14.3 Å². The third kappa shape index (κ3) is 3.31. The van der Waals surface area contributed by atoms with Gasteiger partial charge in [-0.15, -0.1) is 11.3 Å². The van der Waals surface area contributed by atoms with Crippen LogP contribution in [-0.2, 0) is 6.54 Å². The van der Waals surface area contributed by atoms with E-state index in [9.17, 15) is 14.4 Å². The molecule has 0 atom stereocenters. The molecule has 0 N–H and O–H groups in total. The molecule has 0 radical (unpaired) electrons. The van der Waals surface area contributed by atoms with E-state index >= 15 is 0 Å². The van der Waals surface area contributed by atoms with Gasteiger partial charge >= 0.3 is 5.69 Å². The van der Waals surface area contributed by atoms with Crippen molar-refractivity contribution in [3.8, 4) is 11.4 Å². The number of methoxy groups -OCH3 is 1. The smallest absolute Gasteiger partial charge is 0.336 e. The molecule has 160 valence electrons. The van der Waals surface area contributed by atoms with Crippen molar-refractivity contribution >= 4 is 38.8 Å². The second kappa shape index (κ2) is 7.77. The van der Waals surface area contributed by atoms with Crippen LogP contribution in [-0.4, -0.2) is 25.6 Å². The molecule has 0 amide bonds. The summed E-state index contributed by atoms with van der Waals surface area (Å²) in [5.74, 6) is 0.523. The fourth-order valence-corrected chi connectivity index (χ4v) is 4.57. The van der Waals surface area contributed by atoms with Gasteiger partial charge in [-0.3, -0.25) is 18.6 Å². The van der Waals surface area contributed by atoms with Crippen LogP contribution in [0.2, 0.25) is 5.02 Å². The molecule has 0 unspecified atom stereocenters. The summed E-state index contributed by atoms with van der Waals surface area (Å²) in [5.41, 5.74) is 0.420. The van der Waals surface area contributed by atoms with E-state index in [1.807, 2.05) is 0 Å². The molecule has 1 aromatic carbocycles. The summed E-state index contributed by atoms with van der Waals surface area (Å²) in [6.45, 7) is 0.0185. The summed E-state index contributed by atoms with van der Waals surface area (Å²) in [4.78, 5) is 43.6. The van der Waals surface area contributed by atoms with E-state index in [1.54, 1.807) is 47.8 Å². The third-order valence-corrected chi connectivity index (χ3v) is 6.18. The van der Waals surface area contributed by atoms with Crippen LogP contribution in [0.15, 0.2) is 74.5 Å². The molecule has 4 heterocycles. The molecule has 0 aliphatic heterocycles.